The van der Waals surface area contributed by atoms with Crippen LogP contribution in [0.4, 0.5) is 5.69 Å². The molecular weight excluding hydrogens is 226 g/mol. The molecule has 0 bridgehead atoms. The van der Waals surface area contributed by atoms with E-state index in [1.165, 1.54) is 28.7 Å². The molecule has 0 aromatic heterocycles. The highest BCUT2D eigenvalue weighted by Gasteiger charge is 2.25. The monoisotopic (exact) mass is 239 g/mol. The van der Waals surface area contributed by atoms with Crippen molar-refractivity contribution in [1.82, 2.24) is 0 Å². The third kappa shape index (κ3) is 1.48. The van der Waals surface area contributed by atoms with Crippen LogP contribution in [-0.4, -0.2) is 12.6 Å². The average molecular weight is 240 g/mol. The summed E-state index contributed by atoms with van der Waals surface area (Å²) in [5.41, 5.74) is 2.66. The molecular formula is C11H14BrN. The average Bonchev–Trinajstić information content (AvgIpc) is 2.10. The van der Waals surface area contributed by atoms with Crippen LogP contribution in [0.1, 0.15) is 18.9 Å². The lowest BCUT2D eigenvalue weighted by Gasteiger charge is -2.41. The summed E-state index contributed by atoms with van der Waals surface area (Å²) in [5.74, 6) is 0. The van der Waals surface area contributed by atoms with Gasteiger partial charge in [0.15, 0.2) is 0 Å². The van der Waals surface area contributed by atoms with Gasteiger partial charge in [0.1, 0.15) is 0 Å². The van der Waals surface area contributed by atoms with Gasteiger partial charge in [0.2, 0.25) is 0 Å². The van der Waals surface area contributed by atoms with Crippen molar-refractivity contribution < 1.29 is 0 Å². The summed E-state index contributed by atoms with van der Waals surface area (Å²) in [6, 6.07) is 7.16. The van der Waals surface area contributed by atoms with Gasteiger partial charge in [-0.15, -0.1) is 0 Å². The maximum absolute atomic E-state index is 3.64. The molecule has 0 amide bonds. The zero-order valence-corrected chi connectivity index (χ0v) is 9.63. The normalized spacial score (nSPS) is 21.5. The SMILES string of the molecule is Cc1cccc(N2CCC2C)c1Br. The predicted molar refractivity (Wildman–Crippen MR) is 60.3 cm³/mol. The summed E-state index contributed by atoms with van der Waals surface area (Å²) in [6.07, 6.45) is 1.32. The number of hydrogen-bond donors (Lipinski definition) is 0. The van der Waals surface area contributed by atoms with Crippen molar-refractivity contribution in [3.63, 3.8) is 0 Å². The molecule has 0 saturated carbocycles. The maximum Gasteiger partial charge on any atom is 0.0515 e. The zero-order valence-electron chi connectivity index (χ0n) is 8.05. The Kier molecular flexibility index (Phi) is 2.33. The van der Waals surface area contributed by atoms with Crippen molar-refractivity contribution in [3.05, 3.63) is 28.2 Å². The van der Waals surface area contributed by atoms with Gasteiger partial charge in [-0.05, 0) is 47.8 Å². The van der Waals surface area contributed by atoms with E-state index in [4.69, 9.17) is 0 Å². The van der Waals surface area contributed by atoms with Crippen LogP contribution in [0.15, 0.2) is 22.7 Å². The molecule has 0 spiro atoms. The molecule has 13 heavy (non-hydrogen) atoms. The zero-order chi connectivity index (χ0) is 9.42. The molecule has 0 radical (unpaired) electrons. The molecule has 1 saturated heterocycles. The number of anilines is 1. The van der Waals surface area contributed by atoms with Crippen molar-refractivity contribution in [2.45, 2.75) is 26.3 Å². The van der Waals surface area contributed by atoms with Crippen molar-refractivity contribution in [2.24, 2.45) is 0 Å². The first kappa shape index (κ1) is 9.07. The molecule has 1 aliphatic rings. The van der Waals surface area contributed by atoms with Gasteiger partial charge in [0, 0.05) is 17.1 Å². The summed E-state index contributed by atoms with van der Waals surface area (Å²) in [4.78, 5) is 2.44. The lowest BCUT2D eigenvalue weighted by atomic mass is 10.0. The van der Waals surface area contributed by atoms with Gasteiger partial charge in [0.05, 0.1) is 5.69 Å². The van der Waals surface area contributed by atoms with Gasteiger partial charge in [-0.1, -0.05) is 12.1 Å². The van der Waals surface area contributed by atoms with Gasteiger partial charge >= 0.3 is 0 Å². The summed E-state index contributed by atoms with van der Waals surface area (Å²) >= 11 is 3.64. The Morgan fingerprint density at radius 1 is 1.46 bits per heavy atom. The molecule has 1 unspecified atom stereocenters. The number of halogens is 1. The van der Waals surface area contributed by atoms with Gasteiger partial charge in [-0.25, -0.2) is 0 Å². The van der Waals surface area contributed by atoms with Crippen LogP contribution in [0, 0.1) is 6.92 Å². The minimum atomic E-state index is 0.707. The highest BCUT2D eigenvalue weighted by atomic mass is 79.9. The van der Waals surface area contributed by atoms with E-state index in [0.29, 0.717) is 6.04 Å². The van der Waals surface area contributed by atoms with Crippen LogP contribution in [-0.2, 0) is 0 Å². The first-order valence-electron chi connectivity index (χ1n) is 4.72. The van der Waals surface area contributed by atoms with E-state index in [9.17, 15) is 0 Å². The number of nitrogens with zero attached hydrogens (tertiary/aromatic N) is 1. The first-order chi connectivity index (χ1) is 6.20. The van der Waals surface area contributed by atoms with Crippen LogP contribution in [0.25, 0.3) is 0 Å². The Balaban J connectivity index is 2.34. The second kappa shape index (κ2) is 3.33. The summed E-state index contributed by atoms with van der Waals surface area (Å²) in [6.45, 7) is 5.61. The summed E-state index contributed by atoms with van der Waals surface area (Å²) in [5, 5.41) is 0. The fourth-order valence-electron chi connectivity index (χ4n) is 1.73. The Morgan fingerprint density at radius 2 is 2.23 bits per heavy atom. The Labute approximate surface area is 87.9 Å². The highest BCUT2D eigenvalue weighted by Crippen LogP contribution is 2.34. The van der Waals surface area contributed by atoms with E-state index >= 15 is 0 Å². The molecule has 1 nitrogen and oxygen atoms in total. The van der Waals surface area contributed by atoms with Gasteiger partial charge in [0.25, 0.3) is 0 Å². The fraction of sp³-hybridized carbons (Fsp3) is 0.455. The molecule has 1 fully saturated rings. The molecule has 1 aromatic rings. The quantitative estimate of drug-likeness (QED) is 0.727. The van der Waals surface area contributed by atoms with Crippen molar-refractivity contribution in [1.29, 1.82) is 0 Å². The lowest BCUT2D eigenvalue weighted by Crippen LogP contribution is -2.45. The molecule has 1 heterocycles. The number of aryl methyl sites for hydroxylation is 1. The Bertz CT molecular complexity index is 322. The van der Waals surface area contributed by atoms with Gasteiger partial charge < -0.3 is 4.90 Å². The van der Waals surface area contributed by atoms with E-state index in [2.05, 4.69) is 52.9 Å². The molecule has 2 heteroatoms. The number of rotatable bonds is 1. The molecule has 70 valence electrons. The van der Waals surface area contributed by atoms with E-state index in [1.807, 2.05) is 0 Å². The fourth-order valence-corrected chi connectivity index (χ4v) is 2.22. The Hall–Kier alpha value is -0.500. The van der Waals surface area contributed by atoms with Crippen molar-refractivity contribution in [3.8, 4) is 0 Å². The minimum absolute atomic E-state index is 0.707. The Morgan fingerprint density at radius 3 is 2.77 bits per heavy atom. The van der Waals surface area contributed by atoms with E-state index in [0.717, 1.165) is 0 Å². The van der Waals surface area contributed by atoms with E-state index < -0.39 is 0 Å². The van der Waals surface area contributed by atoms with E-state index in [1.54, 1.807) is 0 Å². The topological polar surface area (TPSA) is 3.24 Å². The number of benzene rings is 1. The van der Waals surface area contributed by atoms with Crippen molar-refractivity contribution >= 4 is 21.6 Å². The third-order valence-corrected chi connectivity index (χ3v) is 3.83. The largest absolute Gasteiger partial charge is 0.368 e. The van der Waals surface area contributed by atoms with E-state index in [-0.39, 0.29) is 0 Å². The van der Waals surface area contributed by atoms with Crippen LogP contribution >= 0.6 is 15.9 Å². The lowest BCUT2D eigenvalue weighted by molar-refractivity contribution is 0.480. The van der Waals surface area contributed by atoms with Crippen LogP contribution in [0.5, 0.6) is 0 Å². The molecule has 0 aliphatic carbocycles. The minimum Gasteiger partial charge on any atom is -0.368 e. The summed E-state index contributed by atoms with van der Waals surface area (Å²) in [7, 11) is 0. The second-order valence-electron chi connectivity index (χ2n) is 3.74. The molecule has 1 aliphatic heterocycles. The molecule has 2 rings (SSSR count). The van der Waals surface area contributed by atoms with Gasteiger partial charge in [-0.2, -0.15) is 0 Å². The highest BCUT2D eigenvalue weighted by molar-refractivity contribution is 9.10. The molecule has 1 atom stereocenters. The van der Waals surface area contributed by atoms with Crippen molar-refractivity contribution in [2.75, 3.05) is 11.4 Å². The van der Waals surface area contributed by atoms with Crippen LogP contribution in [0.2, 0.25) is 0 Å². The smallest absolute Gasteiger partial charge is 0.0515 e. The molecule has 0 N–H and O–H groups in total. The van der Waals surface area contributed by atoms with Gasteiger partial charge in [-0.3, -0.25) is 0 Å². The summed E-state index contributed by atoms with van der Waals surface area (Å²) < 4.78 is 1.25. The predicted octanol–water partition coefficient (Wildman–Crippen LogP) is 3.36. The van der Waals surface area contributed by atoms with Crippen LogP contribution < -0.4 is 4.90 Å². The van der Waals surface area contributed by atoms with Crippen LogP contribution in [0.3, 0.4) is 0 Å². The number of hydrogen-bond acceptors (Lipinski definition) is 1. The third-order valence-electron chi connectivity index (χ3n) is 2.80. The maximum atomic E-state index is 3.64. The molecule has 1 aromatic carbocycles. The first-order valence-corrected chi connectivity index (χ1v) is 5.51. The second-order valence-corrected chi connectivity index (χ2v) is 4.53. The standard InChI is InChI=1S/C11H14BrN/c1-8-4-3-5-10(11(8)12)13-7-6-9(13)2/h3-5,9H,6-7H2,1-2H3.